The third-order valence-corrected chi connectivity index (χ3v) is 20.4. The number of aliphatic hydroxyl groups is 1. The minimum Gasteiger partial charge on any atom is -0.462 e. The molecule has 2 unspecified atom stereocenters. The summed E-state index contributed by atoms with van der Waals surface area (Å²) in [4.78, 5) is 72.9. The molecule has 0 aliphatic carbocycles. The number of unbranched alkanes of at least 4 members (excludes halogenated alkanes) is 48. The van der Waals surface area contributed by atoms with Crippen molar-refractivity contribution in [2.45, 2.75) is 432 Å². The Hall–Kier alpha value is -1.94. The van der Waals surface area contributed by atoms with Gasteiger partial charge in [0.15, 0.2) is 12.2 Å². The molecule has 0 aromatic heterocycles. The Kier molecular flexibility index (Phi) is 69.3. The fraction of sp³-hybridized carbons (Fsp3) is 0.949. The fourth-order valence-electron chi connectivity index (χ4n) is 12.2. The average molecular weight is 1440 g/mol. The van der Waals surface area contributed by atoms with Crippen molar-refractivity contribution in [2.75, 3.05) is 39.6 Å². The minimum atomic E-state index is -4.96. The summed E-state index contributed by atoms with van der Waals surface area (Å²) < 4.78 is 68.7. The summed E-state index contributed by atoms with van der Waals surface area (Å²) in [5, 5.41) is 10.6. The van der Waals surface area contributed by atoms with Gasteiger partial charge in [-0.2, -0.15) is 0 Å². The molecule has 0 aliphatic rings. The molecule has 0 saturated heterocycles. The molecule has 19 heteroatoms. The Morgan fingerprint density at radius 1 is 0.276 bits per heavy atom. The lowest BCUT2D eigenvalue weighted by molar-refractivity contribution is -0.161. The van der Waals surface area contributed by atoms with E-state index in [2.05, 4.69) is 41.5 Å². The molecule has 0 aromatic carbocycles. The number of phosphoric ester groups is 2. The van der Waals surface area contributed by atoms with Crippen LogP contribution in [0.1, 0.15) is 414 Å². The van der Waals surface area contributed by atoms with Crippen molar-refractivity contribution < 1.29 is 80.2 Å². The molecule has 98 heavy (non-hydrogen) atoms. The van der Waals surface area contributed by atoms with Crippen molar-refractivity contribution in [3.8, 4) is 0 Å². The topological polar surface area (TPSA) is 237 Å². The van der Waals surface area contributed by atoms with E-state index in [4.69, 9.17) is 37.0 Å². The normalized spacial score (nSPS) is 13.9. The molecule has 0 saturated carbocycles. The highest BCUT2D eigenvalue weighted by Gasteiger charge is 2.30. The first-order chi connectivity index (χ1) is 47.4. The maximum atomic E-state index is 13.1. The van der Waals surface area contributed by atoms with Crippen LogP contribution in [0.15, 0.2) is 0 Å². The Labute approximate surface area is 600 Å². The van der Waals surface area contributed by atoms with Crippen LogP contribution in [0, 0.1) is 11.8 Å². The molecular weight excluding hydrogens is 1280 g/mol. The van der Waals surface area contributed by atoms with Crippen LogP contribution in [0.25, 0.3) is 0 Å². The van der Waals surface area contributed by atoms with Crippen LogP contribution in [0.4, 0.5) is 0 Å². The first-order valence-electron chi connectivity index (χ1n) is 41.0. The van der Waals surface area contributed by atoms with Crippen molar-refractivity contribution in [1.29, 1.82) is 0 Å². The number of ether oxygens (including phenoxy) is 4. The summed E-state index contributed by atoms with van der Waals surface area (Å²) in [7, 11) is -9.92. The van der Waals surface area contributed by atoms with E-state index in [0.29, 0.717) is 31.6 Å². The van der Waals surface area contributed by atoms with Crippen LogP contribution in [0.3, 0.4) is 0 Å². The minimum absolute atomic E-state index is 0.106. The summed E-state index contributed by atoms with van der Waals surface area (Å²) >= 11 is 0. The van der Waals surface area contributed by atoms with Crippen molar-refractivity contribution in [1.82, 2.24) is 0 Å². The number of phosphoric acid groups is 2. The molecule has 0 spiro atoms. The SMILES string of the molecule is CCCCCCCCCCCCCCCCCCCC(=O)O[C@H](COC(=O)CCCCCCCCCCCCCCCCCC)COP(=O)(O)OC[C@@H](O)COP(=O)(O)OC[C@@H](COC(=O)CCCCCCCCCC(C)C)OC(=O)CCCCCCCCCCCCCCC(C)C. The van der Waals surface area contributed by atoms with Crippen molar-refractivity contribution in [3.05, 3.63) is 0 Å². The van der Waals surface area contributed by atoms with Gasteiger partial charge in [-0.1, -0.05) is 363 Å². The smallest absolute Gasteiger partial charge is 0.462 e. The van der Waals surface area contributed by atoms with Gasteiger partial charge < -0.3 is 33.8 Å². The molecule has 0 amide bonds. The van der Waals surface area contributed by atoms with E-state index in [1.807, 2.05) is 0 Å². The summed E-state index contributed by atoms with van der Waals surface area (Å²) in [6.45, 7) is 9.58. The van der Waals surface area contributed by atoms with Crippen LogP contribution in [-0.4, -0.2) is 96.7 Å². The van der Waals surface area contributed by atoms with Gasteiger partial charge >= 0.3 is 39.5 Å². The number of hydrogen-bond acceptors (Lipinski definition) is 15. The fourth-order valence-corrected chi connectivity index (χ4v) is 13.8. The molecule has 5 atom stereocenters. The molecule has 0 aromatic rings. The Morgan fingerprint density at radius 3 is 0.694 bits per heavy atom. The van der Waals surface area contributed by atoms with Crippen LogP contribution in [0.5, 0.6) is 0 Å². The Morgan fingerprint density at radius 2 is 0.469 bits per heavy atom. The van der Waals surface area contributed by atoms with Gasteiger partial charge in [-0.25, -0.2) is 9.13 Å². The van der Waals surface area contributed by atoms with Crippen LogP contribution < -0.4 is 0 Å². The van der Waals surface area contributed by atoms with E-state index in [9.17, 15) is 43.2 Å². The van der Waals surface area contributed by atoms with Gasteiger partial charge in [0.05, 0.1) is 26.4 Å². The van der Waals surface area contributed by atoms with Gasteiger partial charge in [-0.05, 0) is 37.5 Å². The highest BCUT2D eigenvalue weighted by molar-refractivity contribution is 7.47. The lowest BCUT2D eigenvalue weighted by Crippen LogP contribution is -2.30. The van der Waals surface area contributed by atoms with Gasteiger partial charge in [-0.3, -0.25) is 37.3 Å². The van der Waals surface area contributed by atoms with Crippen LogP contribution in [-0.2, 0) is 65.4 Å². The van der Waals surface area contributed by atoms with E-state index in [-0.39, 0.29) is 25.7 Å². The van der Waals surface area contributed by atoms with Crippen LogP contribution in [0.2, 0.25) is 0 Å². The van der Waals surface area contributed by atoms with E-state index < -0.39 is 97.5 Å². The number of aliphatic hydroxyl groups excluding tert-OH is 1. The molecular formula is C79H154O17P2. The first kappa shape index (κ1) is 96.1. The van der Waals surface area contributed by atoms with E-state index in [0.717, 1.165) is 102 Å². The van der Waals surface area contributed by atoms with Crippen molar-refractivity contribution in [2.24, 2.45) is 11.8 Å². The van der Waals surface area contributed by atoms with Gasteiger partial charge in [0.2, 0.25) is 0 Å². The maximum Gasteiger partial charge on any atom is 0.472 e. The molecule has 582 valence electrons. The number of esters is 4. The predicted molar refractivity (Wildman–Crippen MR) is 400 cm³/mol. The standard InChI is InChI=1S/C79H154O17P2/c1-7-9-11-13-15-17-19-21-23-25-27-29-34-38-44-51-57-63-78(83)95-74(67-89-76(81)61-55-49-43-37-33-28-26-24-22-20-18-16-14-12-10-8-2)69-93-97(85,86)91-65-73(80)66-92-98(87,88)94-70-75(68-90-77(82)62-56-50-46-40-42-48-54-60-72(5)6)96-79(84)64-58-52-45-39-35-31-30-32-36-41-47-53-59-71(3)4/h71-75,80H,7-70H2,1-6H3,(H,85,86)(H,87,88)/t73-,74-,75-/m1/s1. The van der Waals surface area contributed by atoms with Gasteiger partial charge in [0.1, 0.15) is 19.3 Å². The van der Waals surface area contributed by atoms with E-state index in [1.165, 1.54) is 225 Å². The molecule has 0 heterocycles. The number of hydrogen-bond donors (Lipinski definition) is 3. The second kappa shape index (κ2) is 70.7. The Bertz CT molecular complexity index is 1890. The summed E-state index contributed by atoms with van der Waals surface area (Å²) in [5.41, 5.74) is 0. The molecule has 0 aliphatic heterocycles. The number of carbonyl (C=O) groups is 4. The van der Waals surface area contributed by atoms with Gasteiger partial charge in [-0.15, -0.1) is 0 Å². The van der Waals surface area contributed by atoms with Crippen LogP contribution >= 0.6 is 15.6 Å². The zero-order chi connectivity index (χ0) is 72.1. The van der Waals surface area contributed by atoms with Crippen molar-refractivity contribution in [3.63, 3.8) is 0 Å². The third kappa shape index (κ3) is 72.4. The Balaban J connectivity index is 5.25. The molecule has 0 fully saturated rings. The second-order valence-electron chi connectivity index (χ2n) is 29.4. The highest BCUT2D eigenvalue weighted by atomic mass is 31.2. The molecule has 0 bridgehead atoms. The summed E-state index contributed by atoms with van der Waals surface area (Å²) in [5.74, 6) is -0.629. The number of rotatable bonds is 78. The third-order valence-electron chi connectivity index (χ3n) is 18.5. The van der Waals surface area contributed by atoms with E-state index >= 15 is 0 Å². The van der Waals surface area contributed by atoms with Gasteiger partial charge in [0, 0.05) is 25.7 Å². The zero-order valence-corrected chi connectivity index (χ0v) is 65.9. The van der Waals surface area contributed by atoms with E-state index in [1.54, 1.807) is 0 Å². The largest absolute Gasteiger partial charge is 0.472 e. The molecule has 3 N–H and O–H groups in total. The van der Waals surface area contributed by atoms with Crippen molar-refractivity contribution >= 4 is 39.5 Å². The summed E-state index contributed by atoms with van der Waals surface area (Å²) in [6, 6.07) is 0. The highest BCUT2D eigenvalue weighted by Crippen LogP contribution is 2.45. The lowest BCUT2D eigenvalue weighted by Gasteiger charge is -2.21. The first-order valence-corrected chi connectivity index (χ1v) is 44.0. The predicted octanol–water partition coefficient (Wildman–Crippen LogP) is 23.5. The maximum absolute atomic E-state index is 13.1. The molecule has 0 radical (unpaired) electrons. The van der Waals surface area contributed by atoms with Gasteiger partial charge in [0.25, 0.3) is 0 Å². The zero-order valence-electron chi connectivity index (χ0n) is 64.1. The summed E-state index contributed by atoms with van der Waals surface area (Å²) in [6.07, 6.45) is 59.7. The molecule has 17 nitrogen and oxygen atoms in total. The second-order valence-corrected chi connectivity index (χ2v) is 32.3. The monoisotopic (exact) mass is 1440 g/mol. The molecule has 0 rings (SSSR count). The average Bonchev–Trinajstić information content (AvgIpc) is 1.82. The number of carbonyl (C=O) groups excluding carboxylic acids is 4. The quantitative estimate of drug-likeness (QED) is 0.0222. The lowest BCUT2D eigenvalue weighted by atomic mass is 10.0.